The summed E-state index contributed by atoms with van der Waals surface area (Å²) in [6, 6.07) is 4.00. The number of rotatable bonds is 3. The summed E-state index contributed by atoms with van der Waals surface area (Å²) < 4.78 is 5.13. The van der Waals surface area contributed by atoms with Crippen molar-refractivity contribution in [3.63, 3.8) is 0 Å². The molecule has 74 valence electrons. The molecule has 0 amide bonds. The van der Waals surface area contributed by atoms with Crippen LogP contribution in [0.1, 0.15) is 5.01 Å². The van der Waals surface area contributed by atoms with Gasteiger partial charge < -0.3 is 10.5 Å². The molecule has 0 spiro atoms. The van der Waals surface area contributed by atoms with E-state index in [-0.39, 0.29) is 0 Å². The first-order chi connectivity index (χ1) is 6.83. The average molecular weight is 226 g/mol. The molecule has 3 nitrogen and oxygen atoms in total. The molecular formula is C9H10N2OS2. The molecule has 0 saturated heterocycles. The number of ether oxygens (including phenoxy) is 1. The molecule has 0 bridgehead atoms. The van der Waals surface area contributed by atoms with E-state index in [1.165, 1.54) is 4.88 Å². The Labute approximate surface area is 90.2 Å². The number of thiophene rings is 1. The Hall–Kier alpha value is -0.910. The van der Waals surface area contributed by atoms with Crippen LogP contribution in [0.5, 0.6) is 5.06 Å². The van der Waals surface area contributed by atoms with Crippen LogP contribution in [0.25, 0.3) is 9.75 Å². The molecule has 0 radical (unpaired) electrons. The van der Waals surface area contributed by atoms with Gasteiger partial charge >= 0.3 is 0 Å². The van der Waals surface area contributed by atoms with Gasteiger partial charge in [-0.15, -0.1) is 11.3 Å². The van der Waals surface area contributed by atoms with Gasteiger partial charge in [0.05, 0.1) is 12.0 Å². The number of hydrogen-bond acceptors (Lipinski definition) is 5. The zero-order chi connectivity index (χ0) is 9.97. The maximum absolute atomic E-state index is 5.50. The van der Waals surface area contributed by atoms with Gasteiger partial charge in [-0.25, -0.2) is 4.98 Å². The zero-order valence-electron chi connectivity index (χ0n) is 7.69. The SMILES string of the molecule is COc1ccc(-c2cnc(CN)s2)s1. The van der Waals surface area contributed by atoms with Gasteiger partial charge in [-0.3, -0.25) is 0 Å². The predicted octanol–water partition coefficient (Wildman–Crippen LogP) is 2.34. The Bertz CT molecular complexity index is 382. The topological polar surface area (TPSA) is 48.1 Å². The van der Waals surface area contributed by atoms with Gasteiger partial charge in [-0.2, -0.15) is 0 Å². The molecule has 14 heavy (non-hydrogen) atoms. The lowest BCUT2D eigenvalue weighted by Crippen LogP contribution is -1.93. The molecule has 0 unspecified atom stereocenters. The summed E-state index contributed by atoms with van der Waals surface area (Å²) in [7, 11) is 1.67. The minimum Gasteiger partial charge on any atom is -0.487 e. The van der Waals surface area contributed by atoms with Crippen molar-refractivity contribution >= 4 is 22.7 Å². The smallest absolute Gasteiger partial charge is 0.173 e. The summed E-state index contributed by atoms with van der Waals surface area (Å²) in [5.41, 5.74) is 5.50. The molecular weight excluding hydrogens is 216 g/mol. The van der Waals surface area contributed by atoms with E-state index in [0.29, 0.717) is 6.54 Å². The summed E-state index contributed by atoms with van der Waals surface area (Å²) in [4.78, 5) is 6.54. The van der Waals surface area contributed by atoms with Crippen molar-refractivity contribution in [1.29, 1.82) is 0 Å². The Morgan fingerprint density at radius 3 is 2.79 bits per heavy atom. The fraction of sp³-hybridized carbons (Fsp3) is 0.222. The lowest BCUT2D eigenvalue weighted by Gasteiger charge is -1.90. The summed E-state index contributed by atoms with van der Waals surface area (Å²) in [6.07, 6.45) is 1.86. The first kappa shape index (κ1) is 9.64. The van der Waals surface area contributed by atoms with Crippen LogP contribution >= 0.6 is 22.7 Å². The molecule has 2 aromatic heterocycles. The van der Waals surface area contributed by atoms with Crippen LogP contribution in [0.15, 0.2) is 18.3 Å². The predicted molar refractivity (Wildman–Crippen MR) is 59.9 cm³/mol. The highest BCUT2D eigenvalue weighted by atomic mass is 32.1. The number of aromatic nitrogens is 1. The molecule has 0 atom stereocenters. The second kappa shape index (κ2) is 4.08. The van der Waals surface area contributed by atoms with Crippen LogP contribution < -0.4 is 10.5 Å². The Kier molecular flexibility index (Phi) is 2.81. The summed E-state index contributed by atoms with van der Waals surface area (Å²) in [5.74, 6) is 0. The lowest BCUT2D eigenvalue weighted by molar-refractivity contribution is 0.427. The minimum absolute atomic E-state index is 0.507. The van der Waals surface area contributed by atoms with Crippen LogP contribution in [0.4, 0.5) is 0 Å². The van der Waals surface area contributed by atoms with E-state index < -0.39 is 0 Å². The molecule has 0 aromatic carbocycles. The highest BCUT2D eigenvalue weighted by Crippen LogP contribution is 2.35. The highest BCUT2D eigenvalue weighted by Gasteiger charge is 2.06. The van der Waals surface area contributed by atoms with Crippen molar-refractivity contribution in [2.75, 3.05) is 7.11 Å². The first-order valence-electron chi connectivity index (χ1n) is 4.12. The fourth-order valence-electron chi connectivity index (χ4n) is 1.08. The Balaban J connectivity index is 2.29. The minimum atomic E-state index is 0.507. The maximum Gasteiger partial charge on any atom is 0.173 e. The standard InChI is InChI=1S/C9H10N2OS2/c1-12-9-3-2-6(14-9)7-5-11-8(4-10)13-7/h2-3,5H,4,10H2,1H3. The molecule has 0 saturated carbocycles. The monoisotopic (exact) mass is 226 g/mol. The lowest BCUT2D eigenvalue weighted by atomic mass is 10.4. The third-order valence-corrected chi connectivity index (χ3v) is 4.02. The first-order valence-corrected chi connectivity index (χ1v) is 5.75. The van der Waals surface area contributed by atoms with E-state index in [1.807, 2.05) is 18.3 Å². The Morgan fingerprint density at radius 2 is 2.21 bits per heavy atom. The van der Waals surface area contributed by atoms with Gasteiger partial charge in [0.15, 0.2) is 5.06 Å². The largest absolute Gasteiger partial charge is 0.487 e. The van der Waals surface area contributed by atoms with E-state index >= 15 is 0 Å². The van der Waals surface area contributed by atoms with E-state index in [9.17, 15) is 0 Å². The van der Waals surface area contributed by atoms with Crippen molar-refractivity contribution < 1.29 is 4.74 Å². The van der Waals surface area contributed by atoms with Gasteiger partial charge in [0.25, 0.3) is 0 Å². The second-order valence-corrected chi connectivity index (χ2v) is 4.81. The van der Waals surface area contributed by atoms with Gasteiger partial charge in [0, 0.05) is 17.6 Å². The van der Waals surface area contributed by atoms with Crippen molar-refractivity contribution in [1.82, 2.24) is 4.98 Å². The third kappa shape index (κ3) is 1.79. The van der Waals surface area contributed by atoms with Gasteiger partial charge in [0.1, 0.15) is 5.01 Å². The average Bonchev–Trinajstić information content (AvgIpc) is 2.86. The summed E-state index contributed by atoms with van der Waals surface area (Å²) in [6.45, 7) is 0.507. The van der Waals surface area contributed by atoms with E-state index in [0.717, 1.165) is 14.9 Å². The third-order valence-electron chi connectivity index (χ3n) is 1.75. The molecule has 0 aliphatic heterocycles. The molecule has 2 aromatic rings. The van der Waals surface area contributed by atoms with Gasteiger partial charge in [0.2, 0.25) is 0 Å². The van der Waals surface area contributed by atoms with Crippen LogP contribution in [-0.2, 0) is 6.54 Å². The number of nitrogens with two attached hydrogens (primary N) is 1. The van der Waals surface area contributed by atoms with E-state index in [4.69, 9.17) is 10.5 Å². The van der Waals surface area contributed by atoms with E-state index in [2.05, 4.69) is 4.98 Å². The second-order valence-electron chi connectivity index (χ2n) is 2.65. The van der Waals surface area contributed by atoms with Crippen LogP contribution in [0.2, 0.25) is 0 Å². The highest BCUT2D eigenvalue weighted by molar-refractivity contribution is 7.22. The van der Waals surface area contributed by atoms with Crippen LogP contribution in [0.3, 0.4) is 0 Å². The maximum atomic E-state index is 5.50. The molecule has 2 heterocycles. The van der Waals surface area contributed by atoms with Gasteiger partial charge in [-0.05, 0) is 12.1 Å². The molecule has 0 aliphatic rings. The molecule has 0 aliphatic carbocycles. The number of methoxy groups -OCH3 is 1. The van der Waals surface area contributed by atoms with Gasteiger partial charge in [-0.1, -0.05) is 11.3 Å². The number of thiazole rings is 1. The van der Waals surface area contributed by atoms with Crippen LogP contribution in [0, 0.1) is 0 Å². The zero-order valence-corrected chi connectivity index (χ0v) is 9.32. The van der Waals surface area contributed by atoms with Crippen LogP contribution in [-0.4, -0.2) is 12.1 Å². The molecule has 5 heteroatoms. The van der Waals surface area contributed by atoms with Crippen molar-refractivity contribution in [2.45, 2.75) is 6.54 Å². The normalized spacial score (nSPS) is 10.4. The molecule has 2 rings (SSSR count). The quantitative estimate of drug-likeness (QED) is 0.874. The van der Waals surface area contributed by atoms with Crippen molar-refractivity contribution in [2.24, 2.45) is 5.73 Å². The fourth-order valence-corrected chi connectivity index (χ4v) is 2.77. The number of nitrogens with zero attached hydrogens (tertiary/aromatic N) is 1. The van der Waals surface area contributed by atoms with Crippen molar-refractivity contribution in [3.8, 4) is 14.8 Å². The molecule has 0 fully saturated rings. The number of hydrogen-bond donors (Lipinski definition) is 1. The summed E-state index contributed by atoms with van der Waals surface area (Å²) in [5, 5.41) is 1.88. The Morgan fingerprint density at radius 1 is 1.36 bits per heavy atom. The van der Waals surface area contributed by atoms with E-state index in [1.54, 1.807) is 29.8 Å². The molecule has 2 N–H and O–H groups in total. The van der Waals surface area contributed by atoms with Crippen molar-refractivity contribution in [3.05, 3.63) is 23.3 Å². The summed E-state index contributed by atoms with van der Waals surface area (Å²) >= 11 is 3.25.